The number of benzene rings is 2. The van der Waals surface area contributed by atoms with Crippen molar-refractivity contribution in [3.63, 3.8) is 0 Å². The molecule has 1 unspecified atom stereocenters. The first kappa shape index (κ1) is 19.6. The molecule has 0 saturated heterocycles. The number of nitrogens with one attached hydrogen (secondary N) is 2. The Bertz CT molecular complexity index is 911. The first-order chi connectivity index (χ1) is 12.2. The first-order valence-electron chi connectivity index (χ1n) is 7.94. The molecular formula is C18H19FN2O4S. The number of hydrogen-bond acceptors (Lipinski definition) is 4. The van der Waals surface area contributed by atoms with Gasteiger partial charge in [-0.25, -0.2) is 12.8 Å². The van der Waals surface area contributed by atoms with Crippen molar-refractivity contribution in [3.05, 3.63) is 54.3 Å². The topological polar surface area (TPSA) is 92.3 Å². The summed E-state index contributed by atoms with van der Waals surface area (Å²) in [5.74, 6) is -1.47. The fourth-order valence-electron chi connectivity index (χ4n) is 2.14. The molecule has 2 N–H and O–H groups in total. The molecule has 0 bridgehead atoms. The van der Waals surface area contributed by atoms with E-state index >= 15 is 0 Å². The molecule has 2 aromatic carbocycles. The Labute approximate surface area is 151 Å². The van der Waals surface area contributed by atoms with E-state index in [9.17, 15) is 22.4 Å². The Kier molecular flexibility index (Phi) is 6.10. The van der Waals surface area contributed by atoms with Gasteiger partial charge < -0.3 is 10.6 Å². The zero-order valence-corrected chi connectivity index (χ0v) is 15.1. The van der Waals surface area contributed by atoms with Gasteiger partial charge in [0.1, 0.15) is 11.1 Å². The molecular weight excluding hydrogens is 359 g/mol. The summed E-state index contributed by atoms with van der Waals surface area (Å²) < 4.78 is 37.9. The monoisotopic (exact) mass is 378 g/mol. The Balaban J connectivity index is 2.15. The van der Waals surface area contributed by atoms with Crippen LogP contribution in [0.5, 0.6) is 0 Å². The minimum absolute atomic E-state index is 0.134. The number of carbonyl (C=O) groups is 2. The SMILES string of the molecule is CCC(=O)Nc1cccc(NC(=O)C(C)S(=O)(=O)c2ccc(F)cc2)c1. The van der Waals surface area contributed by atoms with Crippen molar-refractivity contribution in [3.8, 4) is 0 Å². The van der Waals surface area contributed by atoms with Crippen LogP contribution in [-0.2, 0) is 19.4 Å². The number of halogens is 1. The van der Waals surface area contributed by atoms with Crippen molar-refractivity contribution in [1.29, 1.82) is 0 Å². The third-order valence-corrected chi connectivity index (χ3v) is 5.79. The molecule has 0 aliphatic carbocycles. The Morgan fingerprint density at radius 1 is 1.04 bits per heavy atom. The average molecular weight is 378 g/mol. The minimum atomic E-state index is -3.96. The molecule has 0 heterocycles. The highest BCUT2D eigenvalue weighted by Crippen LogP contribution is 2.20. The van der Waals surface area contributed by atoms with Crippen molar-refractivity contribution in [1.82, 2.24) is 0 Å². The van der Waals surface area contributed by atoms with Gasteiger partial charge in [-0.2, -0.15) is 0 Å². The summed E-state index contributed by atoms with van der Waals surface area (Å²) in [5, 5.41) is 3.80. The predicted molar refractivity (Wildman–Crippen MR) is 97.0 cm³/mol. The van der Waals surface area contributed by atoms with E-state index in [4.69, 9.17) is 0 Å². The van der Waals surface area contributed by atoms with Crippen LogP contribution in [-0.4, -0.2) is 25.5 Å². The van der Waals surface area contributed by atoms with Gasteiger partial charge in [0.25, 0.3) is 0 Å². The van der Waals surface area contributed by atoms with Crippen LogP contribution in [0, 0.1) is 5.82 Å². The van der Waals surface area contributed by atoms with E-state index in [1.807, 2.05) is 0 Å². The lowest BCUT2D eigenvalue weighted by Gasteiger charge is -2.14. The molecule has 0 radical (unpaired) electrons. The van der Waals surface area contributed by atoms with Crippen molar-refractivity contribution in [2.24, 2.45) is 0 Å². The maximum Gasteiger partial charge on any atom is 0.242 e. The molecule has 0 aliphatic rings. The summed E-state index contributed by atoms with van der Waals surface area (Å²) in [7, 11) is -3.96. The third kappa shape index (κ3) is 4.66. The summed E-state index contributed by atoms with van der Waals surface area (Å²) in [6, 6.07) is 10.7. The molecule has 1 atom stereocenters. The smallest absolute Gasteiger partial charge is 0.242 e. The molecule has 8 heteroatoms. The third-order valence-electron chi connectivity index (χ3n) is 3.71. The second-order valence-electron chi connectivity index (χ2n) is 5.61. The van der Waals surface area contributed by atoms with Gasteiger partial charge in [-0.05, 0) is 49.4 Å². The molecule has 2 amide bonds. The summed E-state index contributed by atoms with van der Waals surface area (Å²) in [6.07, 6.45) is 0.309. The Hall–Kier alpha value is -2.74. The van der Waals surface area contributed by atoms with Crippen LogP contribution in [0.25, 0.3) is 0 Å². The first-order valence-corrected chi connectivity index (χ1v) is 9.49. The summed E-state index contributed by atoms with van der Waals surface area (Å²) >= 11 is 0. The van der Waals surface area contributed by atoms with Gasteiger partial charge in [-0.1, -0.05) is 13.0 Å². The van der Waals surface area contributed by atoms with Crippen molar-refractivity contribution in [2.45, 2.75) is 30.4 Å². The molecule has 0 saturated carbocycles. The lowest BCUT2D eigenvalue weighted by atomic mass is 10.2. The number of carbonyl (C=O) groups excluding carboxylic acids is 2. The molecule has 6 nitrogen and oxygen atoms in total. The summed E-state index contributed by atoms with van der Waals surface area (Å²) in [5.41, 5.74) is 0.841. The lowest BCUT2D eigenvalue weighted by molar-refractivity contribution is -0.116. The molecule has 138 valence electrons. The zero-order chi connectivity index (χ0) is 19.3. The van der Waals surface area contributed by atoms with Gasteiger partial charge in [0.15, 0.2) is 9.84 Å². The van der Waals surface area contributed by atoms with E-state index in [-0.39, 0.29) is 10.8 Å². The molecule has 0 fully saturated rings. The highest BCUT2D eigenvalue weighted by atomic mass is 32.2. The summed E-state index contributed by atoms with van der Waals surface area (Å²) in [4.78, 5) is 23.6. The van der Waals surface area contributed by atoms with E-state index in [0.29, 0.717) is 17.8 Å². The maximum atomic E-state index is 13.0. The number of amides is 2. The van der Waals surface area contributed by atoms with Crippen molar-refractivity contribution >= 4 is 33.0 Å². The quantitative estimate of drug-likeness (QED) is 0.756. The van der Waals surface area contributed by atoms with Crippen LogP contribution in [0.15, 0.2) is 53.4 Å². The van der Waals surface area contributed by atoms with E-state index in [1.54, 1.807) is 25.1 Å². The van der Waals surface area contributed by atoms with E-state index in [2.05, 4.69) is 10.6 Å². The minimum Gasteiger partial charge on any atom is -0.326 e. The van der Waals surface area contributed by atoms with Crippen molar-refractivity contribution < 1.29 is 22.4 Å². The van der Waals surface area contributed by atoms with Crippen LogP contribution in [0.3, 0.4) is 0 Å². The van der Waals surface area contributed by atoms with Crippen LogP contribution < -0.4 is 10.6 Å². The molecule has 0 aromatic heterocycles. The number of sulfone groups is 1. The molecule has 0 aliphatic heterocycles. The van der Waals surface area contributed by atoms with Gasteiger partial charge in [0, 0.05) is 17.8 Å². The van der Waals surface area contributed by atoms with Crippen LogP contribution >= 0.6 is 0 Å². The maximum absolute atomic E-state index is 13.0. The lowest BCUT2D eigenvalue weighted by Crippen LogP contribution is -2.32. The number of rotatable bonds is 6. The standard InChI is InChI=1S/C18H19FN2O4S/c1-3-17(22)20-14-5-4-6-15(11-14)21-18(23)12(2)26(24,25)16-9-7-13(19)8-10-16/h4-12H,3H2,1-2H3,(H,20,22)(H,21,23). The Morgan fingerprint density at radius 3 is 2.19 bits per heavy atom. The van der Waals surface area contributed by atoms with Crippen molar-refractivity contribution in [2.75, 3.05) is 10.6 Å². The fourth-order valence-corrected chi connectivity index (χ4v) is 3.40. The van der Waals surface area contributed by atoms with Crippen LogP contribution in [0.2, 0.25) is 0 Å². The second kappa shape index (κ2) is 8.09. The largest absolute Gasteiger partial charge is 0.326 e. The molecule has 2 aromatic rings. The van der Waals surface area contributed by atoms with Gasteiger partial charge in [-0.15, -0.1) is 0 Å². The second-order valence-corrected chi connectivity index (χ2v) is 7.88. The number of anilines is 2. The normalized spacial score (nSPS) is 12.3. The number of hydrogen-bond donors (Lipinski definition) is 2. The molecule has 2 rings (SSSR count). The van der Waals surface area contributed by atoms with Gasteiger partial charge in [0.2, 0.25) is 11.8 Å². The highest BCUT2D eigenvalue weighted by Gasteiger charge is 2.29. The fraction of sp³-hybridized carbons (Fsp3) is 0.222. The average Bonchev–Trinajstić information content (AvgIpc) is 2.61. The van der Waals surface area contributed by atoms with E-state index in [1.165, 1.54) is 13.0 Å². The molecule has 26 heavy (non-hydrogen) atoms. The van der Waals surface area contributed by atoms with Crippen LogP contribution in [0.4, 0.5) is 15.8 Å². The molecule has 0 spiro atoms. The highest BCUT2D eigenvalue weighted by molar-refractivity contribution is 7.92. The zero-order valence-electron chi connectivity index (χ0n) is 14.3. The van der Waals surface area contributed by atoms with Gasteiger partial charge in [-0.3, -0.25) is 9.59 Å². The van der Waals surface area contributed by atoms with E-state index < -0.39 is 26.8 Å². The van der Waals surface area contributed by atoms with E-state index in [0.717, 1.165) is 24.3 Å². The predicted octanol–water partition coefficient (Wildman–Crippen LogP) is 2.98. The van der Waals surface area contributed by atoms with Gasteiger partial charge in [0.05, 0.1) is 4.90 Å². The van der Waals surface area contributed by atoms with Gasteiger partial charge >= 0.3 is 0 Å². The summed E-state index contributed by atoms with van der Waals surface area (Å²) in [6.45, 7) is 2.97. The Morgan fingerprint density at radius 2 is 1.62 bits per heavy atom. The van der Waals surface area contributed by atoms with Crippen LogP contribution in [0.1, 0.15) is 20.3 Å².